The second-order valence-corrected chi connectivity index (χ2v) is 5.60. The van der Waals surface area contributed by atoms with E-state index in [2.05, 4.69) is 0 Å². The van der Waals surface area contributed by atoms with Gasteiger partial charge in [0, 0.05) is 14.8 Å². The molecule has 0 unspecified atom stereocenters. The van der Waals surface area contributed by atoms with E-state index in [0.717, 1.165) is 17.8 Å². The van der Waals surface area contributed by atoms with E-state index in [0.29, 0.717) is 9.92 Å². The van der Waals surface area contributed by atoms with Gasteiger partial charge in [0.05, 0.1) is 12.2 Å². The summed E-state index contributed by atoms with van der Waals surface area (Å²) in [5, 5.41) is 9.42. The third kappa shape index (κ3) is 3.69. The van der Waals surface area contributed by atoms with Crippen molar-refractivity contribution in [2.45, 2.75) is 22.6 Å². The number of halogens is 4. The molecule has 6 heteroatoms. The molecule has 2 aromatic carbocycles. The van der Waals surface area contributed by atoms with E-state index in [4.69, 9.17) is 16.7 Å². The van der Waals surface area contributed by atoms with Crippen LogP contribution in [0.3, 0.4) is 0 Å². The topological polar surface area (TPSA) is 20.2 Å². The van der Waals surface area contributed by atoms with Crippen LogP contribution in [0.1, 0.15) is 11.1 Å². The maximum absolute atomic E-state index is 13.0. The van der Waals surface area contributed by atoms with E-state index in [1.54, 1.807) is 24.3 Å². The molecule has 0 heterocycles. The summed E-state index contributed by atoms with van der Waals surface area (Å²) >= 11 is 6.81. The van der Waals surface area contributed by atoms with Gasteiger partial charge in [0.1, 0.15) is 0 Å². The summed E-state index contributed by atoms with van der Waals surface area (Å²) in [4.78, 5) is 0.705. The molecule has 1 nitrogen and oxygen atoms in total. The Labute approximate surface area is 123 Å². The first-order valence-corrected chi connectivity index (χ1v) is 6.84. The molecule has 0 radical (unpaired) electrons. The number of hydrogen-bond donors (Lipinski definition) is 1. The van der Waals surface area contributed by atoms with E-state index in [9.17, 15) is 13.2 Å². The van der Waals surface area contributed by atoms with Gasteiger partial charge in [-0.15, -0.1) is 0 Å². The predicted molar refractivity (Wildman–Crippen MR) is 72.9 cm³/mol. The minimum Gasteiger partial charge on any atom is -0.392 e. The minimum atomic E-state index is -4.47. The van der Waals surface area contributed by atoms with Crippen LogP contribution in [0, 0.1) is 0 Å². The van der Waals surface area contributed by atoms with Crippen molar-refractivity contribution < 1.29 is 18.3 Å². The summed E-state index contributed by atoms with van der Waals surface area (Å²) in [6.45, 7) is -0.425. The molecule has 1 N–H and O–H groups in total. The monoisotopic (exact) mass is 318 g/mol. The molecular formula is C14H10ClF3OS. The van der Waals surface area contributed by atoms with Gasteiger partial charge >= 0.3 is 6.18 Å². The fraction of sp³-hybridized carbons (Fsp3) is 0.143. The lowest BCUT2D eigenvalue weighted by molar-refractivity contribution is -0.139. The van der Waals surface area contributed by atoms with Gasteiger partial charge in [0.25, 0.3) is 0 Å². The van der Waals surface area contributed by atoms with Crippen LogP contribution >= 0.6 is 23.4 Å². The average Bonchev–Trinajstić information content (AvgIpc) is 2.38. The number of aliphatic hydroxyl groups excluding tert-OH is 1. The Morgan fingerprint density at radius 1 is 1.10 bits per heavy atom. The first-order chi connectivity index (χ1) is 9.40. The SMILES string of the molecule is OCc1ccc(Sc2cccc(Cl)c2)c(C(F)(F)F)c1. The van der Waals surface area contributed by atoms with Crippen LogP contribution in [0.25, 0.3) is 0 Å². The number of aliphatic hydroxyl groups is 1. The molecule has 2 rings (SSSR count). The van der Waals surface area contributed by atoms with Crippen molar-refractivity contribution in [2.24, 2.45) is 0 Å². The number of alkyl halides is 3. The van der Waals surface area contributed by atoms with Gasteiger partial charge in [-0.25, -0.2) is 0 Å². The Morgan fingerprint density at radius 3 is 2.45 bits per heavy atom. The van der Waals surface area contributed by atoms with Crippen molar-refractivity contribution in [1.82, 2.24) is 0 Å². The van der Waals surface area contributed by atoms with Crippen LogP contribution in [-0.2, 0) is 12.8 Å². The van der Waals surface area contributed by atoms with Gasteiger partial charge in [-0.2, -0.15) is 13.2 Å². The highest BCUT2D eigenvalue weighted by Gasteiger charge is 2.33. The largest absolute Gasteiger partial charge is 0.417 e. The zero-order valence-electron chi connectivity index (χ0n) is 10.1. The Kier molecular flexibility index (Phi) is 4.62. The summed E-state index contributed by atoms with van der Waals surface area (Å²) in [6, 6.07) is 10.4. The molecule has 0 saturated carbocycles. The highest BCUT2D eigenvalue weighted by Crippen LogP contribution is 2.40. The van der Waals surface area contributed by atoms with Crippen molar-refractivity contribution in [3.8, 4) is 0 Å². The smallest absolute Gasteiger partial charge is 0.392 e. The molecule has 0 aromatic heterocycles. The average molecular weight is 319 g/mol. The van der Waals surface area contributed by atoms with Crippen LogP contribution in [0.5, 0.6) is 0 Å². The Balaban J connectivity index is 2.41. The molecule has 0 atom stereocenters. The van der Waals surface area contributed by atoms with Crippen molar-refractivity contribution in [2.75, 3.05) is 0 Å². The molecular weight excluding hydrogens is 309 g/mol. The molecule has 0 aliphatic heterocycles. The molecule has 0 fully saturated rings. The van der Waals surface area contributed by atoms with Gasteiger partial charge in [0.15, 0.2) is 0 Å². The maximum atomic E-state index is 13.0. The lowest BCUT2D eigenvalue weighted by atomic mass is 10.1. The summed E-state index contributed by atoms with van der Waals surface area (Å²) in [5.41, 5.74) is -0.526. The fourth-order valence-electron chi connectivity index (χ4n) is 1.64. The molecule has 0 aliphatic rings. The standard InChI is InChI=1S/C14H10ClF3OS/c15-10-2-1-3-11(7-10)20-13-5-4-9(8-19)6-12(13)14(16,17)18/h1-7,19H,8H2. The first-order valence-electron chi connectivity index (χ1n) is 5.64. The van der Waals surface area contributed by atoms with Crippen molar-refractivity contribution in [3.63, 3.8) is 0 Å². The molecule has 0 spiro atoms. The highest BCUT2D eigenvalue weighted by molar-refractivity contribution is 7.99. The van der Waals surface area contributed by atoms with Crippen molar-refractivity contribution in [3.05, 3.63) is 58.6 Å². The fourth-order valence-corrected chi connectivity index (χ4v) is 2.91. The zero-order chi connectivity index (χ0) is 14.8. The quantitative estimate of drug-likeness (QED) is 0.859. The van der Waals surface area contributed by atoms with Crippen LogP contribution in [0.15, 0.2) is 52.3 Å². The summed E-state index contributed by atoms with van der Waals surface area (Å²) in [7, 11) is 0. The van der Waals surface area contributed by atoms with Gasteiger partial charge in [-0.3, -0.25) is 0 Å². The normalized spacial score (nSPS) is 11.7. The number of rotatable bonds is 3. The number of benzene rings is 2. The minimum absolute atomic E-state index is 0.0805. The second-order valence-electron chi connectivity index (χ2n) is 4.05. The Bertz CT molecular complexity index is 614. The highest BCUT2D eigenvalue weighted by atomic mass is 35.5. The van der Waals surface area contributed by atoms with E-state index >= 15 is 0 Å². The molecule has 0 amide bonds. The molecule has 0 bridgehead atoms. The van der Waals surface area contributed by atoms with E-state index in [1.807, 2.05) is 0 Å². The van der Waals surface area contributed by atoms with Gasteiger partial charge in [-0.1, -0.05) is 35.5 Å². The van der Waals surface area contributed by atoms with E-state index < -0.39 is 18.3 Å². The van der Waals surface area contributed by atoms with E-state index in [1.165, 1.54) is 12.1 Å². The lowest BCUT2D eigenvalue weighted by Crippen LogP contribution is -2.07. The summed E-state index contributed by atoms with van der Waals surface area (Å²) in [5.74, 6) is 0. The molecule has 0 aliphatic carbocycles. The van der Waals surface area contributed by atoms with Crippen LogP contribution in [-0.4, -0.2) is 5.11 Å². The van der Waals surface area contributed by atoms with Gasteiger partial charge < -0.3 is 5.11 Å². The summed E-state index contributed by atoms with van der Waals surface area (Å²) in [6.07, 6.45) is -4.47. The molecule has 0 saturated heterocycles. The van der Waals surface area contributed by atoms with Crippen molar-refractivity contribution in [1.29, 1.82) is 0 Å². The first kappa shape index (κ1) is 15.2. The van der Waals surface area contributed by atoms with Gasteiger partial charge in [0.2, 0.25) is 0 Å². The lowest BCUT2D eigenvalue weighted by Gasteiger charge is -2.13. The van der Waals surface area contributed by atoms with Crippen LogP contribution in [0.2, 0.25) is 5.02 Å². The maximum Gasteiger partial charge on any atom is 0.417 e. The van der Waals surface area contributed by atoms with Crippen LogP contribution < -0.4 is 0 Å². The van der Waals surface area contributed by atoms with E-state index in [-0.39, 0.29) is 10.5 Å². The Morgan fingerprint density at radius 2 is 1.85 bits per heavy atom. The number of hydrogen-bond acceptors (Lipinski definition) is 2. The zero-order valence-corrected chi connectivity index (χ0v) is 11.7. The molecule has 2 aromatic rings. The second kappa shape index (κ2) is 6.08. The third-order valence-electron chi connectivity index (χ3n) is 2.56. The molecule has 106 valence electrons. The predicted octanol–water partition coefficient (Wildman–Crippen LogP) is 5.00. The third-order valence-corrected chi connectivity index (χ3v) is 3.86. The molecule has 20 heavy (non-hydrogen) atoms. The summed E-state index contributed by atoms with van der Waals surface area (Å²) < 4.78 is 39.1. The van der Waals surface area contributed by atoms with Crippen molar-refractivity contribution >= 4 is 23.4 Å². The van der Waals surface area contributed by atoms with Crippen LogP contribution in [0.4, 0.5) is 13.2 Å². The Hall–Kier alpha value is -1.17. The van der Waals surface area contributed by atoms with Gasteiger partial charge in [-0.05, 0) is 35.9 Å².